The van der Waals surface area contributed by atoms with Crippen LogP contribution < -0.4 is 0 Å². The molecule has 0 amide bonds. The van der Waals surface area contributed by atoms with Gasteiger partial charge < -0.3 is 33.8 Å². The van der Waals surface area contributed by atoms with Gasteiger partial charge in [-0.1, -0.05) is 281 Å². The first-order valence-corrected chi connectivity index (χ1v) is 43.4. The van der Waals surface area contributed by atoms with Gasteiger partial charge in [-0.15, -0.1) is 0 Å². The number of carbonyl (C=O) groups excluding carboxylic acids is 4. The van der Waals surface area contributed by atoms with Crippen LogP contribution in [0.5, 0.6) is 0 Å². The van der Waals surface area contributed by atoms with Gasteiger partial charge in [0.2, 0.25) is 0 Å². The van der Waals surface area contributed by atoms with Gasteiger partial charge in [-0.05, 0) is 161 Å². The lowest BCUT2D eigenvalue weighted by Crippen LogP contribution is -2.30. The fourth-order valence-electron chi connectivity index (χ4n) is 10.1. The SMILES string of the molecule is CC/C=C\C/C=C\C/C=C\C/C=C\C/C=C\C/C=C\CCC(=O)OCC(COP(=O)(O)OCC(O)COP(=O)(O)OCC(COC(=O)CCCCCCC/C=C\C/C=C\C/C=C\CC)OC(=O)CCCCCCC/C=C\C/C=C\CCCCC)OC(=O)CCCCCCCCC/C=C\C/C=C\C/C=C\CC. The lowest BCUT2D eigenvalue weighted by molar-refractivity contribution is -0.161. The van der Waals surface area contributed by atoms with E-state index in [2.05, 4.69) is 180 Å². The number of allylic oxidation sites excluding steroid dienone is 28. The Morgan fingerprint density at radius 2 is 0.509 bits per heavy atom. The molecular weight excluding hydrogens is 1380 g/mol. The second kappa shape index (κ2) is 77.6. The molecule has 0 rings (SSSR count). The number of hydrogen-bond acceptors (Lipinski definition) is 15. The lowest BCUT2D eigenvalue weighted by atomic mass is 10.1. The second-order valence-electron chi connectivity index (χ2n) is 26.2. The Morgan fingerprint density at radius 3 is 0.811 bits per heavy atom. The molecule has 0 fully saturated rings. The summed E-state index contributed by atoms with van der Waals surface area (Å²) in [4.78, 5) is 73.1. The van der Waals surface area contributed by atoms with E-state index >= 15 is 0 Å². The molecule has 0 saturated heterocycles. The molecule has 0 aliphatic heterocycles. The van der Waals surface area contributed by atoms with Crippen molar-refractivity contribution in [3.05, 3.63) is 170 Å². The van der Waals surface area contributed by atoms with Gasteiger partial charge in [-0.2, -0.15) is 0 Å². The van der Waals surface area contributed by atoms with E-state index in [9.17, 15) is 43.2 Å². The molecule has 17 nitrogen and oxygen atoms in total. The van der Waals surface area contributed by atoms with Crippen LogP contribution in [0.3, 0.4) is 0 Å². The predicted molar refractivity (Wildman–Crippen MR) is 436 cm³/mol. The van der Waals surface area contributed by atoms with Crippen LogP contribution in [0.2, 0.25) is 0 Å². The third-order valence-electron chi connectivity index (χ3n) is 16.2. The Hall–Kier alpha value is -5.58. The number of phosphoric acid groups is 2. The fourth-order valence-corrected chi connectivity index (χ4v) is 11.7. The molecule has 106 heavy (non-hydrogen) atoms. The molecular formula is C87H142O17P2. The molecule has 0 aliphatic rings. The second-order valence-corrected chi connectivity index (χ2v) is 29.1. The van der Waals surface area contributed by atoms with Gasteiger partial charge in [0, 0.05) is 25.7 Å². The summed E-state index contributed by atoms with van der Waals surface area (Å²) in [6.07, 6.45) is 92.0. The van der Waals surface area contributed by atoms with Crippen LogP contribution in [-0.4, -0.2) is 96.7 Å². The number of hydrogen-bond donors (Lipinski definition) is 3. The van der Waals surface area contributed by atoms with E-state index < -0.39 is 97.5 Å². The normalized spacial score (nSPS) is 14.7. The Kier molecular flexibility index (Phi) is 73.5. The third-order valence-corrected chi connectivity index (χ3v) is 18.1. The average Bonchev–Trinajstić information content (AvgIpc) is 0.902. The van der Waals surface area contributed by atoms with Gasteiger partial charge in [0.15, 0.2) is 12.2 Å². The number of aliphatic hydroxyl groups excluding tert-OH is 1. The van der Waals surface area contributed by atoms with E-state index in [1.165, 1.54) is 19.3 Å². The molecule has 0 aromatic heterocycles. The highest BCUT2D eigenvalue weighted by atomic mass is 31.2. The van der Waals surface area contributed by atoms with Crippen molar-refractivity contribution in [1.82, 2.24) is 0 Å². The standard InChI is InChI=1S/C87H142O17P2/c1-5-9-13-17-21-25-29-33-37-39-40-42-45-48-52-56-60-64-68-72-85(90)98-78-83(104-87(92)74-70-66-62-58-54-50-46-41-38-34-30-26-22-18-14-10-6-2)80-102-106(95,96)100-76-81(88)75-99-105(93,94)101-79-82(103-86(91)73-69-65-61-57-53-49-44-36-32-28-24-20-16-12-8-4)77-97-84(89)71-67-63-59-55-51-47-43-35-31-27-23-19-15-11-7-3/h9-11,13-15,21-28,33-38,40,42-44,48,52,60,64,81-83,88H,5-8,12,16-20,29-32,39,41,45-47,49-51,53-59,61-63,65-80H2,1-4H3,(H,93,94)(H,95,96)/b13-9-,14-10-,15-11-,25-21-,26-22-,27-23-,28-24-,37-33-,38-34-,42-40-,43-35-,44-36-,52-48-,64-60-. The van der Waals surface area contributed by atoms with E-state index in [0.717, 1.165) is 193 Å². The molecule has 0 aromatic carbocycles. The van der Waals surface area contributed by atoms with Gasteiger partial charge >= 0.3 is 39.5 Å². The summed E-state index contributed by atoms with van der Waals surface area (Å²) in [5.41, 5.74) is 0. The van der Waals surface area contributed by atoms with Crippen molar-refractivity contribution in [1.29, 1.82) is 0 Å². The topological polar surface area (TPSA) is 237 Å². The summed E-state index contributed by atoms with van der Waals surface area (Å²) < 4.78 is 68.6. The number of carbonyl (C=O) groups is 4. The van der Waals surface area contributed by atoms with Gasteiger partial charge in [-0.25, -0.2) is 9.13 Å². The summed E-state index contributed by atoms with van der Waals surface area (Å²) >= 11 is 0. The summed E-state index contributed by atoms with van der Waals surface area (Å²) in [6.45, 7) is 4.38. The van der Waals surface area contributed by atoms with Crippen molar-refractivity contribution in [3.63, 3.8) is 0 Å². The van der Waals surface area contributed by atoms with Crippen molar-refractivity contribution in [3.8, 4) is 0 Å². The van der Waals surface area contributed by atoms with Crippen LogP contribution in [-0.2, 0) is 65.4 Å². The molecule has 0 spiro atoms. The number of ether oxygens (including phenoxy) is 4. The Bertz CT molecular complexity index is 2680. The van der Waals surface area contributed by atoms with Crippen molar-refractivity contribution in [2.24, 2.45) is 0 Å². The predicted octanol–water partition coefficient (Wildman–Crippen LogP) is 23.8. The third kappa shape index (κ3) is 76.6. The smallest absolute Gasteiger partial charge is 0.462 e. The number of rotatable bonds is 74. The van der Waals surface area contributed by atoms with Crippen LogP contribution in [0.25, 0.3) is 0 Å². The van der Waals surface area contributed by atoms with Gasteiger partial charge in [0.1, 0.15) is 19.3 Å². The zero-order valence-electron chi connectivity index (χ0n) is 65.8. The minimum absolute atomic E-state index is 0.0277. The zero-order chi connectivity index (χ0) is 77.4. The summed E-state index contributed by atoms with van der Waals surface area (Å²) in [5.74, 6) is -2.33. The highest BCUT2D eigenvalue weighted by Crippen LogP contribution is 2.45. The highest BCUT2D eigenvalue weighted by molar-refractivity contribution is 7.47. The first kappa shape index (κ1) is 100. The molecule has 0 saturated carbocycles. The van der Waals surface area contributed by atoms with Crippen molar-refractivity contribution < 1.29 is 80.2 Å². The van der Waals surface area contributed by atoms with E-state index in [1.807, 2.05) is 18.2 Å². The fraction of sp³-hybridized carbons (Fsp3) is 0.632. The largest absolute Gasteiger partial charge is 0.472 e. The molecule has 0 radical (unpaired) electrons. The van der Waals surface area contributed by atoms with E-state index in [4.69, 9.17) is 37.0 Å². The minimum Gasteiger partial charge on any atom is -0.462 e. The Morgan fingerprint density at radius 1 is 0.274 bits per heavy atom. The van der Waals surface area contributed by atoms with Crippen LogP contribution in [0.15, 0.2) is 170 Å². The molecule has 5 unspecified atom stereocenters. The highest BCUT2D eigenvalue weighted by Gasteiger charge is 2.30. The molecule has 19 heteroatoms. The summed E-state index contributed by atoms with van der Waals surface area (Å²) in [5, 5.41) is 10.7. The number of aliphatic hydroxyl groups is 1. The number of unbranched alkanes of at least 4 members (excludes halogenated alkanes) is 20. The summed E-state index contributed by atoms with van der Waals surface area (Å²) in [6, 6.07) is 0. The number of esters is 4. The van der Waals surface area contributed by atoms with E-state index in [-0.39, 0.29) is 25.7 Å². The maximum absolute atomic E-state index is 13.1. The minimum atomic E-state index is -5.01. The van der Waals surface area contributed by atoms with Crippen LogP contribution >= 0.6 is 15.6 Å². The molecule has 5 atom stereocenters. The monoisotopic (exact) mass is 1520 g/mol. The average molecular weight is 1520 g/mol. The molecule has 0 aliphatic carbocycles. The van der Waals surface area contributed by atoms with Crippen LogP contribution in [0, 0.1) is 0 Å². The van der Waals surface area contributed by atoms with Crippen molar-refractivity contribution in [2.45, 2.75) is 316 Å². The quantitative estimate of drug-likeness (QED) is 0.0169. The lowest BCUT2D eigenvalue weighted by Gasteiger charge is -2.21. The van der Waals surface area contributed by atoms with Crippen molar-refractivity contribution in [2.75, 3.05) is 39.6 Å². The number of phosphoric ester groups is 2. The van der Waals surface area contributed by atoms with Gasteiger partial charge in [0.05, 0.1) is 26.4 Å². The van der Waals surface area contributed by atoms with Crippen LogP contribution in [0.1, 0.15) is 297 Å². The maximum Gasteiger partial charge on any atom is 0.472 e. The van der Waals surface area contributed by atoms with E-state index in [1.54, 1.807) is 0 Å². The molecule has 0 aromatic rings. The molecule has 3 N–H and O–H groups in total. The summed E-state index contributed by atoms with van der Waals surface area (Å²) in [7, 11) is -10.0. The first-order chi connectivity index (χ1) is 51.7. The molecule has 602 valence electrons. The Labute approximate surface area is 642 Å². The van der Waals surface area contributed by atoms with Gasteiger partial charge in [0.25, 0.3) is 0 Å². The Balaban J connectivity index is 5.48. The van der Waals surface area contributed by atoms with Crippen LogP contribution in [0.4, 0.5) is 0 Å². The van der Waals surface area contributed by atoms with E-state index in [0.29, 0.717) is 32.1 Å². The maximum atomic E-state index is 13.1. The molecule has 0 bridgehead atoms. The zero-order valence-corrected chi connectivity index (χ0v) is 67.6. The molecule has 0 heterocycles. The first-order valence-electron chi connectivity index (χ1n) is 40.4. The van der Waals surface area contributed by atoms with Gasteiger partial charge in [-0.3, -0.25) is 37.3 Å². The van der Waals surface area contributed by atoms with Crippen molar-refractivity contribution >= 4 is 39.5 Å².